The van der Waals surface area contributed by atoms with Crippen molar-refractivity contribution in [3.63, 3.8) is 0 Å². The second-order valence-corrected chi connectivity index (χ2v) is 7.82. The Morgan fingerprint density at radius 3 is 2.38 bits per heavy atom. The summed E-state index contributed by atoms with van der Waals surface area (Å²) < 4.78 is 0. The molecular weight excluding hydrogens is 371 g/mol. The highest BCUT2D eigenvalue weighted by Gasteiger charge is 2.46. The van der Waals surface area contributed by atoms with E-state index in [9.17, 15) is 9.59 Å². The van der Waals surface area contributed by atoms with Crippen LogP contribution in [0.5, 0.6) is 0 Å². The molecule has 1 fully saturated rings. The number of piperidine rings is 1. The Hall–Kier alpha value is -2.04. The number of halogens is 2. The van der Waals surface area contributed by atoms with Crippen LogP contribution in [0.3, 0.4) is 0 Å². The smallest absolute Gasteiger partial charge is 0.255 e. The lowest BCUT2D eigenvalue weighted by Crippen LogP contribution is -2.48. The molecule has 2 aromatic carbocycles. The first-order valence-corrected chi connectivity index (χ1v) is 9.48. The van der Waals surface area contributed by atoms with Crippen molar-refractivity contribution in [2.75, 3.05) is 0 Å². The summed E-state index contributed by atoms with van der Waals surface area (Å²) in [5.41, 5.74) is 2.83. The average Bonchev–Trinajstić information content (AvgIpc) is 2.95. The Morgan fingerprint density at radius 2 is 1.65 bits per heavy atom. The SMILES string of the molecule is O=C(N[C@@H]1C[C@@H](c2ccccc2)N2C(=O)c3ccccc3[C@@H]2C1)C(Cl)Cl. The molecule has 2 amide bonds. The maximum absolute atomic E-state index is 13.0. The van der Waals surface area contributed by atoms with E-state index in [0.717, 1.165) is 16.7 Å². The van der Waals surface area contributed by atoms with Crippen molar-refractivity contribution in [3.8, 4) is 0 Å². The topological polar surface area (TPSA) is 49.4 Å². The third kappa shape index (κ3) is 2.97. The molecule has 0 aliphatic carbocycles. The summed E-state index contributed by atoms with van der Waals surface area (Å²) in [5.74, 6) is -0.340. The number of hydrogen-bond donors (Lipinski definition) is 1. The number of rotatable bonds is 3. The Bertz CT molecular complexity index is 841. The lowest BCUT2D eigenvalue weighted by Gasteiger charge is -2.42. The predicted molar refractivity (Wildman–Crippen MR) is 101 cm³/mol. The molecule has 2 heterocycles. The number of hydrogen-bond acceptors (Lipinski definition) is 2. The summed E-state index contributed by atoms with van der Waals surface area (Å²) in [4.78, 5) is 25.9. The molecule has 4 rings (SSSR count). The van der Waals surface area contributed by atoms with Crippen LogP contribution < -0.4 is 5.32 Å². The van der Waals surface area contributed by atoms with Gasteiger partial charge in [0.25, 0.3) is 11.8 Å². The molecule has 2 aromatic rings. The largest absolute Gasteiger partial charge is 0.351 e. The van der Waals surface area contributed by atoms with Gasteiger partial charge in [-0.3, -0.25) is 9.59 Å². The lowest BCUT2D eigenvalue weighted by atomic mass is 9.86. The van der Waals surface area contributed by atoms with E-state index in [1.807, 2.05) is 59.5 Å². The number of amides is 2. The molecule has 1 N–H and O–H groups in total. The summed E-state index contributed by atoms with van der Waals surface area (Å²) in [6, 6.07) is 17.4. The van der Waals surface area contributed by atoms with Crippen LogP contribution in [0, 0.1) is 0 Å². The van der Waals surface area contributed by atoms with Gasteiger partial charge in [-0.2, -0.15) is 0 Å². The summed E-state index contributed by atoms with van der Waals surface area (Å²) in [7, 11) is 0. The minimum Gasteiger partial charge on any atom is -0.351 e. The zero-order chi connectivity index (χ0) is 18.3. The predicted octanol–water partition coefficient (Wildman–Crippen LogP) is 4.01. The number of benzene rings is 2. The van der Waals surface area contributed by atoms with E-state index >= 15 is 0 Å². The molecule has 6 heteroatoms. The summed E-state index contributed by atoms with van der Waals surface area (Å²) in [6.07, 6.45) is 1.28. The first-order chi connectivity index (χ1) is 12.6. The highest BCUT2D eigenvalue weighted by atomic mass is 35.5. The molecule has 0 saturated carbocycles. The fourth-order valence-corrected chi connectivity index (χ4v) is 4.24. The molecule has 2 aliphatic heterocycles. The van der Waals surface area contributed by atoms with Crippen LogP contribution in [-0.4, -0.2) is 27.6 Å². The molecule has 3 atom stereocenters. The van der Waals surface area contributed by atoms with Gasteiger partial charge in [-0.15, -0.1) is 0 Å². The summed E-state index contributed by atoms with van der Waals surface area (Å²) >= 11 is 11.4. The number of nitrogens with one attached hydrogen (secondary N) is 1. The molecule has 0 spiro atoms. The van der Waals surface area contributed by atoms with Crippen molar-refractivity contribution in [2.45, 2.75) is 35.8 Å². The first kappa shape index (κ1) is 17.4. The Kier molecular flexibility index (Phi) is 4.63. The zero-order valence-electron chi connectivity index (χ0n) is 13.9. The van der Waals surface area contributed by atoms with Gasteiger partial charge in [-0.1, -0.05) is 71.7 Å². The highest BCUT2D eigenvalue weighted by molar-refractivity contribution is 6.53. The van der Waals surface area contributed by atoms with E-state index in [0.29, 0.717) is 12.8 Å². The fourth-order valence-electron chi connectivity index (χ4n) is 4.11. The van der Waals surface area contributed by atoms with Gasteiger partial charge < -0.3 is 10.2 Å². The molecule has 26 heavy (non-hydrogen) atoms. The van der Waals surface area contributed by atoms with E-state index in [-0.39, 0.29) is 24.0 Å². The van der Waals surface area contributed by atoms with Crippen LogP contribution >= 0.6 is 23.2 Å². The van der Waals surface area contributed by atoms with Crippen molar-refractivity contribution >= 4 is 35.0 Å². The summed E-state index contributed by atoms with van der Waals surface area (Å²) in [5, 5.41) is 2.94. The molecule has 1 saturated heterocycles. The van der Waals surface area contributed by atoms with Gasteiger partial charge in [0, 0.05) is 11.6 Å². The van der Waals surface area contributed by atoms with Gasteiger partial charge in [0.05, 0.1) is 12.1 Å². The maximum atomic E-state index is 13.0. The Labute approximate surface area is 162 Å². The Balaban J connectivity index is 1.71. The van der Waals surface area contributed by atoms with Gasteiger partial charge in [0.15, 0.2) is 4.84 Å². The van der Waals surface area contributed by atoms with E-state index in [2.05, 4.69) is 5.32 Å². The van der Waals surface area contributed by atoms with Gasteiger partial charge >= 0.3 is 0 Å². The average molecular weight is 389 g/mol. The Morgan fingerprint density at radius 1 is 1.00 bits per heavy atom. The van der Waals surface area contributed by atoms with Crippen molar-refractivity contribution in [2.24, 2.45) is 0 Å². The first-order valence-electron chi connectivity index (χ1n) is 8.61. The van der Waals surface area contributed by atoms with Crippen LogP contribution in [-0.2, 0) is 4.79 Å². The van der Waals surface area contributed by atoms with E-state index < -0.39 is 10.7 Å². The number of alkyl halides is 2. The molecule has 4 nitrogen and oxygen atoms in total. The van der Waals surface area contributed by atoms with Crippen molar-refractivity contribution < 1.29 is 9.59 Å². The van der Waals surface area contributed by atoms with Gasteiger partial charge in [0.1, 0.15) is 0 Å². The van der Waals surface area contributed by atoms with Crippen LogP contribution in [0.15, 0.2) is 54.6 Å². The molecule has 0 unspecified atom stereocenters. The fraction of sp³-hybridized carbons (Fsp3) is 0.300. The third-order valence-electron chi connectivity index (χ3n) is 5.20. The molecule has 0 radical (unpaired) electrons. The normalized spacial score (nSPS) is 24.3. The van der Waals surface area contributed by atoms with Crippen LogP contribution in [0.4, 0.5) is 0 Å². The molecule has 2 aliphatic rings. The molecular formula is C20H18Cl2N2O2. The van der Waals surface area contributed by atoms with E-state index in [1.54, 1.807) is 0 Å². The number of fused-ring (bicyclic) bond motifs is 3. The van der Waals surface area contributed by atoms with Gasteiger partial charge in [-0.25, -0.2) is 0 Å². The van der Waals surface area contributed by atoms with Crippen molar-refractivity contribution in [1.82, 2.24) is 10.2 Å². The maximum Gasteiger partial charge on any atom is 0.255 e. The third-order valence-corrected chi connectivity index (χ3v) is 5.60. The van der Waals surface area contributed by atoms with Crippen LogP contribution in [0.25, 0.3) is 0 Å². The highest BCUT2D eigenvalue weighted by Crippen LogP contribution is 2.47. The van der Waals surface area contributed by atoms with Gasteiger partial charge in [-0.05, 0) is 30.0 Å². The van der Waals surface area contributed by atoms with Gasteiger partial charge in [0.2, 0.25) is 0 Å². The van der Waals surface area contributed by atoms with Crippen molar-refractivity contribution in [1.29, 1.82) is 0 Å². The number of carbonyl (C=O) groups excluding carboxylic acids is 2. The second kappa shape index (κ2) is 6.93. The standard InChI is InChI=1S/C20H18Cl2N2O2/c21-18(22)19(25)23-13-10-16(12-6-2-1-3-7-12)24-17(11-13)14-8-4-5-9-15(14)20(24)26/h1-9,13,16-18H,10-11H2,(H,23,25)/t13-,16+,17+/m1/s1. The minimum absolute atomic E-state index is 0.0526. The van der Waals surface area contributed by atoms with E-state index in [1.165, 1.54) is 0 Å². The van der Waals surface area contributed by atoms with Crippen molar-refractivity contribution in [3.05, 3.63) is 71.3 Å². The molecule has 0 aromatic heterocycles. The van der Waals surface area contributed by atoms with Crippen LogP contribution in [0.1, 0.15) is 46.4 Å². The molecule has 134 valence electrons. The van der Waals surface area contributed by atoms with E-state index in [4.69, 9.17) is 23.2 Å². The van der Waals surface area contributed by atoms with Crippen LogP contribution in [0.2, 0.25) is 0 Å². The summed E-state index contributed by atoms with van der Waals surface area (Å²) in [6.45, 7) is 0. The minimum atomic E-state index is -1.10. The monoisotopic (exact) mass is 388 g/mol. The second-order valence-electron chi connectivity index (χ2n) is 6.72. The lowest BCUT2D eigenvalue weighted by molar-refractivity contribution is -0.120. The zero-order valence-corrected chi connectivity index (χ0v) is 15.5. The molecule has 0 bridgehead atoms. The number of carbonyl (C=O) groups is 2. The quantitative estimate of drug-likeness (QED) is 0.807. The number of nitrogens with zero attached hydrogens (tertiary/aromatic N) is 1.